The van der Waals surface area contributed by atoms with Gasteiger partial charge in [-0.1, -0.05) is 0 Å². The number of aromatic nitrogens is 1. The number of hydrogen-bond donors (Lipinski definition) is 1. The first kappa shape index (κ1) is 9.15. The molecule has 0 spiro atoms. The van der Waals surface area contributed by atoms with E-state index < -0.39 is 11.1 Å². The summed E-state index contributed by atoms with van der Waals surface area (Å²) in [5.41, 5.74) is 0. The van der Waals surface area contributed by atoms with Gasteiger partial charge in [0.15, 0.2) is 11.1 Å². The van der Waals surface area contributed by atoms with Crippen LogP contribution >= 0.6 is 0 Å². The Hall–Kier alpha value is -0.940. The van der Waals surface area contributed by atoms with Crippen molar-refractivity contribution in [3.63, 3.8) is 0 Å². The first-order valence-corrected chi connectivity index (χ1v) is 4.46. The van der Waals surface area contributed by atoms with Crippen LogP contribution in [0.3, 0.4) is 0 Å². The van der Waals surface area contributed by atoms with Crippen LogP contribution in [0.5, 0.6) is 0 Å². The van der Waals surface area contributed by atoms with E-state index in [1.54, 1.807) is 12.1 Å². The molecule has 1 atom stereocenters. The minimum atomic E-state index is -1.93. The zero-order chi connectivity index (χ0) is 9.14. The molecule has 66 valence electrons. The zero-order valence-corrected chi connectivity index (χ0v) is 7.71. The number of hydrogen-bond acceptors (Lipinski definition) is 3. The van der Waals surface area contributed by atoms with Gasteiger partial charge in [-0.25, -0.2) is 9.19 Å². The summed E-state index contributed by atoms with van der Waals surface area (Å²) in [6.07, 6.45) is 1.39. The Morgan fingerprint density at radius 2 is 2.17 bits per heavy atom. The molecule has 0 aliphatic heterocycles. The van der Waals surface area contributed by atoms with Crippen LogP contribution in [0, 0.1) is 0 Å². The Balaban J connectivity index is 2.93. The van der Waals surface area contributed by atoms with Gasteiger partial charge in [0.2, 0.25) is 0 Å². The van der Waals surface area contributed by atoms with E-state index in [0.717, 1.165) is 5.82 Å². The van der Waals surface area contributed by atoms with Crippen molar-refractivity contribution in [1.29, 1.82) is 0 Å². The molecule has 0 amide bonds. The number of pyridine rings is 1. The average Bonchev–Trinajstić information content (AvgIpc) is 2.04. The molecule has 1 unspecified atom stereocenters. The lowest BCUT2D eigenvalue weighted by molar-refractivity contribution is 0.564. The molecule has 0 aromatic carbocycles. The van der Waals surface area contributed by atoms with Crippen LogP contribution < -0.4 is 4.90 Å². The van der Waals surface area contributed by atoms with Gasteiger partial charge in [0, 0.05) is 20.3 Å². The standard InChI is InChI=1S/C7H10N2O2S/c1-9(2)7-4-3-6(5-8-7)12(10)11/h3-5H,1-2H3,(H,10,11). The third kappa shape index (κ3) is 2.02. The predicted molar refractivity (Wildman–Crippen MR) is 47.6 cm³/mol. The Morgan fingerprint density at radius 1 is 1.50 bits per heavy atom. The van der Waals surface area contributed by atoms with Gasteiger partial charge < -0.3 is 9.45 Å². The van der Waals surface area contributed by atoms with Crippen LogP contribution in [-0.2, 0) is 11.1 Å². The highest BCUT2D eigenvalue weighted by atomic mass is 32.2. The molecular formula is C7H10N2O2S. The van der Waals surface area contributed by atoms with E-state index >= 15 is 0 Å². The van der Waals surface area contributed by atoms with Gasteiger partial charge in [-0.15, -0.1) is 0 Å². The molecule has 0 aliphatic rings. The molecule has 4 nitrogen and oxygen atoms in total. The summed E-state index contributed by atoms with van der Waals surface area (Å²) < 4.78 is 19.2. The first-order chi connectivity index (χ1) is 5.61. The van der Waals surface area contributed by atoms with Gasteiger partial charge in [0.1, 0.15) is 5.82 Å². The average molecular weight is 186 g/mol. The summed E-state index contributed by atoms with van der Waals surface area (Å²) >= 11 is -1.93. The van der Waals surface area contributed by atoms with E-state index in [0.29, 0.717) is 4.90 Å². The predicted octanol–water partition coefficient (Wildman–Crippen LogP) is 0.728. The fourth-order valence-electron chi connectivity index (χ4n) is 0.740. The van der Waals surface area contributed by atoms with E-state index in [1.807, 2.05) is 19.0 Å². The van der Waals surface area contributed by atoms with Gasteiger partial charge in [-0.2, -0.15) is 0 Å². The summed E-state index contributed by atoms with van der Waals surface area (Å²) in [7, 11) is 3.72. The van der Waals surface area contributed by atoms with Crippen molar-refractivity contribution in [3.05, 3.63) is 18.3 Å². The molecule has 0 aliphatic carbocycles. The minimum absolute atomic E-state index is 0.320. The topological polar surface area (TPSA) is 53.4 Å². The molecule has 1 heterocycles. The van der Waals surface area contributed by atoms with E-state index in [4.69, 9.17) is 4.55 Å². The van der Waals surface area contributed by atoms with Crippen molar-refractivity contribution < 1.29 is 8.76 Å². The van der Waals surface area contributed by atoms with E-state index in [9.17, 15) is 4.21 Å². The molecule has 12 heavy (non-hydrogen) atoms. The zero-order valence-electron chi connectivity index (χ0n) is 6.89. The second kappa shape index (κ2) is 3.64. The lowest BCUT2D eigenvalue weighted by Gasteiger charge is -2.09. The van der Waals surface area contributed by atoms with Crippen LogP contribution in [0.25, 0.3) is 0 Å². The van der Waals surface area contributed by atoms with Crippen molar-refractivity contribution in [1.82, 2.24) is 4.98 Å². The maximum absolute atomic E-state index is 10.5. The van der Waals surface area contributed by atoms with Crippen molar-refractivity contribution in [3.8, 4) is 0 Å². The number of anilines is 1. The highest BCUT2D eigenvalue weighted by Crippen LogP contribution is 2.09. The maximum atomic E-state index is 10.5. The van der Waals surface area contributed by atoms with E-state index in [-0.39, 0.29) is 0 Å². The summed E-state index contributed by atoms with van der Waals surface area (Å²) in [6.45, 7) is 0. The van der Waals surface area contributed by atoms with Gasteiger partial charge >= 0.3 is 0 Å². The third-order valence-corrected chi connectivity index (χ3v) is 2.03. The molecule has 0 saturated heterocycles. The molecule has 0 radical (unpaired) electrons. The van der Waals surface area contributed by atoms with Gasteiger partial charge in [0.05, 0.1) is 4.90 Å². The van der Waals surface area contributed by atoms with Crippen LogP contribution in [-0.4, -0.2) is 27.8 Å². The number of nitrogens with zero attached hydrogens (tertiary/aromatic N) is 2. The van der Waals surface area contributed by atoms with Gasteiger partial charge in [0.25, 0.3) is 0 Å². The highest BCUT2D eigenvalue weighted by Gasteiger charge is 2.00. The Labute approximate surface area is 73.5 Å². The molecular weight excluding hydrogens is 176 g/mol. The van der Waals surface area contributed by atoms with Crippen LogP contribution in [0.1, 0.15) is 0 Å². The monoisotopic (exact) mass is 186 g/mol. The normalized spacial score (nSPS) is 12.6. The van der Waals surface area contributed by atoms with Crippen molar-refractivity contribution in [2.45, 2.75) is 4.90 Å². The van der Waals surface area contributed by atoms with Crippen molar-refractivity contribution in [2.24, 2.45) is 0 Å². The molecule has 0 fully saturated rings. The van der Waals surface area contributed by atoms with Crippen LogP contribution in [0.15, 0.2) is 23.2 Å². The highest BCUT2D eigenvalue weighted by molar-refractivity contribution is 7.79. The quantitative estimate of drug-likeness (QED) is 0.692. The van der Waals surface area contributed by atoms with Gasteiger partial charge in [-0.05, 0) is 12.1 Å². The van der Waals surface area contributed by atoms with Crippen LogP contribution in [0.2, 0.25) is 0 Å². The Morgan fingerprint density at radius 3 is 2.50 bits per heavy atom. The summed E-state index contributed by atoms with van der Waals surface area (Å²) in [4.78, 5) is 6.12. The second-order valence-corrected chi connectivity index (χ2v) is 3.47. The lowest BCUT2D eigenvalue weighted by atomic mass is 10.4. The molecule has 1 N–H and O–H groups in total. The molecule has 5 heteroatoms. The summed E-state index contributed by atoms with van der Waals surface area (Å²) in [5.74, 6) is 0.768. The molecule has 0 saturated carbocycles. The summed E-state index contributed by atoms with van der Waals surface area (Å²) in [6, 6.07) is 3.28. The molecule has 1 rings (SSSR count). The molecule has 1 aromatic heterocycles. The fraction of sp³-hybridized carbons (Fsp3) is 0.286. The van der Waals surface area contributed by atoms with E-state index in [1.165, 1.54) is 6.20 Å². The second-order valence-electron chi connectivity index (χ2n) is 2.50. The SMILES string of the molecule is CN(C)c1ccc(S(=O)O)cn1. The Bertz CT molecular complexity index is 284. The van der Waals surface area contributed by atoms with E-state index in [2.05, 4.69) is 4.98 Å². The van der Waals surface area contributed by atoms with Gasteiger partial charge in [-0.3, -0.25) is 0 Å². The third-order valence-electron chi connectivity index (χ3n) is 1.38. The maximum Gasteiger partial charge on any atom is 0.188 e. The lowest BCUT2D eigenvalue weighted by Crippen LogP contribution is -2.10. The van der Waals surface area contributed by atoms with Crippen molar-refractivity contribution in [2.75, 3.05) is 19.0 Å². The molecule has 0 bridgehead atoms. The first-order valence-electron chi connectivity index (χ1n) is 3.35. The minimum Gasteiger partial charge on any atom is -0.363 e. The smallest absolute Gasteiger partial charge is 0.188 e. The Kier molecular flexibility index (Phi) is 2.78. The largest absolute Gasteiger partial charge is 0.363 e. The van der Waals surface area contributed by atoms with Crippen LogP contribution in [0.4, 0.5) is 5.82 Å². The summed E-state index contributed by atoms with van der Waals surface area (Å²) in [5, 5.41) is 0. The molecule has 1 aromatic rings. The van der Waals surface area contributed by atoms with Crippen molar-refractivity contribution >= 4 is 16.9 Å². The fourth-order valence-corrected chi connectivity index (χ4v) is 1.07. The number of rotatable bonds is 2.